The van der Waals surface area contributed by atoms with Crippen molar-refractivity contribution in [3.05, 3.63) is 0 Å². The molecule has 0 bridgehead atoms. The van der Waals surface area contributed by atoms with Crippen molar-refractivity contribution in [1.82, 2.24) is 10.2 Å². The minimum Gasteiger partial charge on any atom is -0.444 e. The molecule has 1 aliphatic heterocycles. The number of nitrogens with zero attached hydrogens (tertiary/aromatic N) is 1. The lowest BCUT2D eigenvalue weighted by Gasteiger charge is -2.29. The van der Waals surface area contributed by atoms with Gasteiger partial charge in [0, 0.05) is 24.7 Å². The normalized spacial score (nSPS) is 26.2. The van der Waals surface area contributed by atoms with E-state index in [1.54, 1.807) is 0 Å². The number of ether oxygens (including phenoxy) is 1. The molecule has 1 amide bonds. The molecule has 2 fully saturated rings. The summed E-state index contributed by atoms with van der Waals surface area (Å²) in [6.45, 7) is 9.73. The molecule has 0 spiro atoms. The Morgan fingerprint density at radius 2 is 2.11 bits per heavy atom. The van der Waals surface area contributed by atoms with Gasteiger partial charge in [-0.1, -0.05) is 0 Å². The number of rotatable bonds is 3. The molecule has 1 atom stereocenters. The fourth-order valence-electron chi connectivity index (χ4n) is 2.34. The van der Waals surface area contributed by atoms with Gasteiger partial charge in [-0.25, -0.2) is 4.79 Å². The van der Waals surface area contributed by atoms with Crippen LogP contribution in [-0.2, 0) is 4.74 Å². The summed E-state index contributed by atoms with van der Waals surface area (Å²) in [5.74, 6) is 0. The molecule has 18 heavy (non-hydrogen) atoms. The quantitative estimate of drug-likeness (QED) is 0.841. The van der Waals surface area contributed by atoms with Crippen molar-refractivity contribution >= 4 is 6.09 Å². The molecule has 0 radical (unpaired) electrons. The van der Waals surface area contributed by atoms with Crippen molar-refractivity contribution in [2.75, 3.05) is 13.1 Å². The van der Waals surface area contributed by atoms with Gasteiger partial charge in [0.2, 0.25) is 0 Å². The summed E-state index contributed by atoms with van der Waals surface area (Å²) in [5.41, 5.74) is -0.0671. The van der Waals surface area contributed by atoms with Gasteiger partial charge in [0.15, 0.2) is 0 Å². The topological polar surface area (TPSA) is 41.6 Å². The Kier molecular flexibility index (Phi) is 3.58. The van der Waals surface area contributed by atoms with E-state index >= 15 is 0 Å². The van der Waals surface area contributed by atoms with E-state index in [4.69, 9.17) is 4.74 Å². The Morgan fingerprint density at radius 1 is 1.44 bits per heavy atom. The highest BCUT2D eigenvalue weighted by Crippen LogP contribution is 2.34. The first-order valence-electron chi connectivity index (χ1n) is 7.04. The predicted octanol–water partition coefficient (Wildman–Crippen LogP) is 2.53. The Bertz CT molecular complexity index is 318. The summed E-state index contributed by atoms with van der Waals surface area (Å²) in [4.78, 5) is 14.0. The van der Waals surface area contributed by atoms with E-state index in [0.29, 0.717) is 11.6 Å². The zero-order chi connectivity index (χ0) is 13.4. The number of hydrogen-bond donors (Lipinski definition) is 1. The lowest BCUT2D eigenvalue weighted by atomic mass is 10.2. The number of amides is 1. The van der Waals surface area contributed by atoms with Crippen LogP contribution < -0.4 is 5.32 Å². The van der Waals surface area contributed by atoms with Crippen LogP contribution in [0.4, 0.5) is 4.79 Å². The van der Waals surface area contributed by atoms with Crippen LogP contribution in [0.1, 0.15) is 53.4 Å². The average molecular weight is 254 g/mol. The zero-order valence-corrected chi connectivity index (χ0v) is 12.1. The summed E-state index contributed by atoms with van der Waals surface area (Å²) in [5, 5.41) is 3.57. The van der Waals surface area contributed by atoms with E-state index in [-0.39, 0.29) is 6.09 Å². The molecular formula is C14H26N2O2. The highest BCUT2D eigenvalue weighted by molar-refractivity contribution is 5.69. The summed E-state index contributed by atoms with van der Waals surface area (Å²) in [6.07, 6.45) is 4.52. The third kappa shape index (κ3) is 3.61. The molecule has 2 aliphatic rings. The summed E-state index contributed by atoms with van der Waals surface area (Å²) < 4.78 is 5.46. The zero-order valence-electron chi connectivity index (χ0n) is 12.1. The highest BCUT2D eigenvalue weighted by Gasteiger charge is 2.39. The van der Waals surface area contributed by atoms with Crippen LogP contribution in [0, 0.1) is 0 Å². The third-order valence-corrected chi connectivity index (χ3v) is 3.77. The van der Waals surface area contributed by atoms with E-state index in [1.807, 2.05) is 25.7 Å². The number of nitrogens with one attached hydrogen (secondary N) is 1. The molecule has 1 heterocycles. The monoisotopic (exact) mass is 254 g/mol. The van der Waals surface area contributed by atoms with Crippen LogP contribution in [0.3, 0.4) is 0 Å². The maximum Gasteiger partial charge on any atom is 0.410 e. The molecular weight excluding hydrogens is 228 g/mol. The molecule has 1 N–H and O–H groups in total. The fourth-order valence-corrected chi connectivity index (χ4v) is 2.34. The van der Waals surface area contributed by atoms with Gasteiger partial charge < -0.3 is 15.0 Å². The number of likely N-dealkylation sites (tertiary alicyclic amines) is 1. The second-order valence-electron chi connectivity index (χ2n) is 6.91. The minimum absolute atomic E-state index is 0.159. The second-order valence-corrected chi connectivity index (χ2v) is 6.91. The Morgan fingerprint density at radius 3 is 2.67 bits per heavy atom. The summed E-state index contributed by atoms with van der Waals surface area (Å²) in [7, 11) is 0. The maximum atomic E-state index is 12.1. The molecule has 2 rings (SSSR count). The molecule has 1 saturated heterocycles. The lowest BCUT2D eigenvalue weighted by molar-refractivity contribution is 0.0224. The Labute approximate surface area is 110 Å². The molecule has 1 saturated carbocycles. The van der Waals surface area contributed by atoms with Crippen molar-refractivity contribution in [3.63, 3.8) is 0 Å². The molecule has 4 nitrogen and oxygen atoms in total. The Hall–Kier alpha value is -0.770. The molecule has 4 heteroatoms. The van der Waals surface area contributed by atoms with Crippen molar-refractivity contribution in [1.29, 1.82) is 0 Å². The highest BCUT2D eigenvalue weighted by atomic mass is 16.6. The molecule has 0 aromatic carbocycles. The third-order valence-electron chi connectivity index (χ3n) is 3.77. The predicted molar refractivity (Wildman–Crippen MR) is 71.6 cm³/mol. The van der Waals surface area contributed by atoms with Crippen LogP contribution in [0.15, 0.2) is 0 Å². The van der Waals surface area contributed by atoms with Gasteiger partial charge in [-0.05, 0) is 53.4 Å². The fraction of sp³-hybridized carbons (Fsp3) is 0.929. The van der Waals surface area contributed by atoms with Crippen LogP contribution in [-0.4, -0.2) is 41.3 Å². The van der Waals surface area contributed by atoms with Gasteiger partial charge in [-0.3, -0.25) is 0 Å². The van der Waals surface area contributed by atoms with Gasteiger partial charge in [-0.2, -0.15) is 0 Å². The summed E-state index contributed by atoms with van der Waals surface area (Å²) in [6, 6.07) is 0.303. The smallest absolute Gasteiger partial charge is 0.410 e. The van der Waals surface area contributed by atoms with E-state index < -0.39 is 5.60 Å². The van der Waals surface area contributed by atoms with Crippen LogP contribution in [0.5, 0.6) is 0 Å². The first kappa shape index (κ1) is 13.7. The van der Waals surface area contributed by atoms with E-state index in [1.165, 1.54) is 12.8 Å². The van der Waals surface area contributed by atoms with Crippen LogP contribution in [0.2, 0.25) is 0 Å². The number of hydrogen-bond acceptors (Lipinski definition) is 3. The SMILES string of the molecule is CC1(NCC2CCCN2C(=O)OC(C)(C)C)CC1. The van der Waals surface area contributed by atoms with E-state index in [0.717, 1.165) is 25.9 Å². The Balaban J connectivity index is 1.84. The number of carbonyl (C=O) groups excluding carboxylic acids is 1. The van der Waals surface area contributed by atoms with Crippen molar-refractivity contribution in [2.45, 2.75) is 70.6 Å². The van der Waals surface area contributed by atoms with Gasteiger partial charge in [-0.15, -0.1) is 0 Å². The molecule has 104 valence electrons. The lowest BCUT2D eigenvalue weighted by Crippen LogP contribution is -2.46. The molecule has 0 aromatic rings. The van der Waals surface area contributed by atoms with Crippen molar-refractivity contribution < 1.29 is 9.53 Å². The average Bonchev–Trinajstić information content (AvgIpc) is 2.79. The van der Waals surface area contributed by atoms with Crippen LogP contribution in [0.25, 0.3) is 0 Å². The second kappa shape index (κ2) is 4.72. The van der Waals surface area contributed by atoms with Crippen molar-refractivity contribution in [2.24, 2.45) is 0 Å². The standard InChI is InChI=1S/C14H26N2O2/c1-13(2,3)18-12(17)16-9-5-6-11(16)10-15-14(4)7-8-14/h11,15H,5-10H2,1-4H3. The van der Waals surface area contributed by atoms with E-state index in [2.05, 4.69) is 12.2 Å². The van der Waals surface area contributed by atoms with Gasteiger partial charge in [0.05, 0.1) is 0 Å². The first-order valence-corrected chi connectivity index (χ1v) is 7.04. The molecule has 0 aromatic heterocycles. The van der Waals surface area contributed by atoms with E-state index in [9.17, 15) is 4.79 Å². The number of carbonyl (C=O) groups is 1. The van der Waals surface area contributed by atoms with Crippen molar-refractivity contribution in [3.8, 4) is 0 Å². The van der Waals surface area contributed by atoms with Gasteiger partial charge in [0.1, 0.15) is 5.60 Å². The van der Waals surface area contributed by atoms with Gasteiger partial charge in [0.25, 0.3) is 0 Å². The minimum atomic E-state index is -0.403. The maximum absolute atomic E-state index is 12.1. The molecule has 1 unspecified atom stereocenters. The molecule has 1 aliphatic carbocycles. The first-order chi connectivity index (χ1) is 8.29. The van der Waals surface area contributed by atoms with Gasteiger partial charge >= 0.3 is 6.09 Å². The van der Waals surface area contributed by atoms with Crippen LogP contribution >= 0.6 is 0 Å². The summed E-state index contributed by atoms with van der Waals surface area (Å²) >= 11 is 0. The largest absolute Gasteiger partial charge is 0.444 e.